The zero-order valence-electron chi connectivity index (χ0n) is 9.70. The van der Waals surface area contributed by atoms with Crippen LogP contribution in [0.4, 0.5) is 5.69 Å². The van der Waals surface area contributed by atoms with Crippen LogP contribution in [0.15, 0.2) is 29.3 Å². The zero-order valence-corrected chi connectivity index (χ0v) is 11.3. The van der Waals surface area contributed by atoms with E-state index in [9.17, 15) is 4.79 Å². The normalized spacial score (nSPS) is 10.3. The summed E-state index contributed by atoms with van der Waals surface area (Å²) >= 11 is 0. The van der Waals surface area contributed by atoms with Crippen LogP contribution in [0.1, 0.15) is 11.6 Å². The molecule has 0 aliphatic carbocycles. The Morgan fingerprint density at radius 2 is 1.72 bits per heavy atom. The van der Waals surface area contributed by atoms with Crippen LogP contribution in [-0.4, -0.2) is 19.0 Å². The van der Waals surface area contributed by atoms with Crippen molar-refractivity contribution in [2.24, 2.45) is 22.2 Å². The number of nitrogens with zero attached hydrogens (tertiary/aromatic N) is 1. The standard InChI is InChI=1S/C10H14N4O2.2ClH/c1-16-9(15)8(11)6-2-4-7(5-3-6)14-10(12)13;;/h2-5,8H,11H2,1H3,(H4,12,13,14);2*1H/t8-;;/m1../s1. The molecule has 0 aliphatic rings. The molecule has 0 heterocycles. The number of guanidine groups is 1. The summed E-state index contributed by atoms with van der Waals surface area (Å²) in [5.74, 6) is -0.514. The van der Waals surface area contributed by atoms with Gasteiger partial charge in [-0.15, -0.1) is 24.8 Å². The molecule has 0 radical (unpaired) electrons. The molecule has 18 heavy (non-hydrogen) atoms. The molecule has 0 aliphatic heterocycles. The molecule has 0 bridgehead atoms. The van der Waals surface area contributed by atoms with E-state index in [4.69, 9.17) is 17.2 Å². The molecule has 1 rings (SSSR count). The molecule has 0 aromatic heterocycles. The van der Waals surface area contributed by atoms with Crippen LogP contribution in [0.2, 0.25) is 0 Å². The number of carbonyl (C=O) groups excluding carboxylic acids is 1. The highest BCUT2D eigenvalue weighted by atomic mass is 35.5. The number of esters is 1. The molecule has 102 valence electrons. The number of halogens is 2. The number of aliphatic imine (C=N–C) groups is 1. The van der Waals surface area contributed by atoms with E-state index < -0.39 is 12.0 Å². The molecule has 0 spiro atoms. The van der Waals surface area contributed by atoms with Crippen molar-refractivity contribution < 1.29 is 9.53 Å². The quantitative estimate of drug-likeness (QED) is 0.429. The summed E-state index contributed by atoms with van der Waals surface area (Å²) in [4.78, 5) is 15.0. The molecule has 6 nitrogen and oxygen atoms in total. The molecule has 6 N–H and O–H groups in total. The lowest BCUT2D eigenvalue weighted by atomic mass is 10.1. The van der Waals surface area contributed by atoms with Gasteiger partial charge in [0.25, 0.3) is 0 Å². The van der Waals surface area contributed by atoms with Crippen LogP contribution in [0, 0.1) is 0 Å². The summed E-state index contributed by atoms with van der Waals surface area (Å²) in [6, 6.07) is 5.88. The SMILES string of the molecule is COC(=O)[C@H](N)c1ccc(N=C(N)N)cc1.Cl.Cl. The van der Waals surface area contributed by atoms with Gasteiger partial charge >= 0.3 is 5.97 Å². The van der Waals surface area contributed by atoms with Crippen LogP contribution < -0.4 is 17.2 Å². The average Bonchev–Trinajstić information content (AvgIpc) is 2.27. The van der Waals surface area contributed by atoms with Crippen LogP contribution in [0.5, 0.6) is 0 Å². The van der Waals surface area contributed by atoms with Gasteiger partial charge in [0.15, 0.2) is 5.96 Å². The van der Waals surface area contributed by atoms with Gasteiger partial charge in [0.05, 0.1) is 12.8 Å². The Labute approximate surface area is 117 Å². The Morgan fingerprint density at radius 3 is 2.11 bits per heavy atom. The first-order valence-corrected chi connectivity index (χ1v) is 4.57. The van der Waals surface area contributed by atoms with Crippen molar-refractivity contribution in [3.8, 4) is 0 Å². The van der Waals surface area contributed by atoms with Crippen LogP contribution in [0.3, 0.4) is 0 Å². The van der Waals surface area contributed by atoms with Crippen LogP contribution in [-0.2, 0) is 9.53 Å². The molecular formula is C10H16Cl2N4O2. The fourth-order valence-electron chi connectivity index (χ4n) is 1.17. The van der Waals surface area contributed by atoms with Gasteiger partial charge in [-0.3, -0.25) is 4.79 Å². The summed E-state index contributed by atoms with van der Waals surface area (Å²) in [5.41, 5.74) is 17.3. The molecule has 0 unspecified atom stereocenters. The van der Waals surface area contributed by atoms with Crippen LogP contribution in [0.25, 0.3) is 0 Å². The minimum Gasteiger partial charge on any atom is -0.468 e. The molecule has 0 saturated heterocycles. The monoisotopic (exact) mass is 294 g/mol. The highest BCUT2D eigenvalue weighted by Crippen LogP contribution is 2.17. The summed E-state index contributed by atoms with van der Waals surface area (Å²) in [7, 11) is 1.29. The van der Waals surface area contributed by atoms with E-state index in [1.54, 1.807) is 24.3 Å². The number of hydrogen-bond donors (Lipinski definition) is 3. The first-order chi connectivity index (χ1) is 7.54. The van der Waals surface area contributed by atoms with E-state index in [2.05, 4.69) is 9.73 Å². The van der Waals surface area contributed by atoms with Crippen molar-refractivity contribution in [2.75, 3.05) is 7.11 Å². The van der Waals surface area contributed by atoms with E-state index in [0.29, 0.717) is 11.3 Å². The lowest BCUT2D eigenvalue weighted by Crippen LogP contribution is -2.22. The van der Waals surface area contributed by atoms with E-state index in [1.807, 2.05) is 0 Å². The molecule has 0 saturated carbocycles. The number of nitrogens with two attached hydrogens (primary N) is 3. The maximum absolute atomic E-state index is 11.2. The molecule has 0 amide bonds. The number of carbonyl (C=O) groups is 1. The summed E-state index contributed by atoms with van der Waals surface area (Å²) < 4.78 is 4.53. The van der Waals surface area contributed by atoms with E-state index in [-0.39, 0.29) is 30.8 Å². The van der Waals surface area contributed by atoms with E-state index in [1.165, 1.54) is 7.11 Å². The lowest BCUT2D eigenvalue weighted by molar-refractivity contribution is -0.142. The van der Waals surface area contributed by atoms with Gasteiger partial charge in [-0.25, -0.2) is 4.99 Å². The van der Waals surface area contributed by atoms with Gasteiger partial charge in [-0.05, 0) is 17.7 Å². The summed E-state index contributed by atoms with van der Waals surface area (Å²) in [5, 5.41) is 0. The summed E-state index contributed by atoms with van der Waals surface area (Å²) in [6.45, 7) is 0. The fourth-order valence-corrected chi connectivity index (χ4v) is 1.17. The summed E-state index contributed by atoms with van der Waals surface area (Å²) in [6.07, 6.45) is 0. The molecule has 1 aromatic carbocycles. The van der Waals surface area contributed by atoms with Crippen molar-refractivity contribution in [2.45, 2.75) is 6.04 Å². The van der Waals surface area contributed by atoms with E-state index in [0.717, 1.165) is 0 Å². The van der Waals surface area contributed by atoms with Crippen molar-refractivity contribution in [3.05, 3.63) is 29.8 Å². The van der Waals surface area contributed by atoms with Crippen LogP contribution >= 0.6 is 24.8 Å². The number of hydrogen-bond acceptors (Lipinski definition) is 4. The predicted octanol–water partition coefficient (Wildman–Crippen LogP) is 0.608. The molecule has 0 fully saturated rings. The van der Waals surface area contributed by atoms with Gasteiger partial charge in [-0.1, -0.05) is 12.1 Å². The minimum absolute atomic E-state index is 0. The average molecular weight is 295 g/mol. The third-order valence-electron chi connectivity index (χ3n) is 1.97. The van der Waals surface area contributed by atoms with Gasteiger partial charge in [0.1, 0.15) is 6.04 Å². The predicted molar refractivity (Wildman–Crippen MR) is 75.4 cm³/mol. The second kappa shape index (κ2) is 8.57. The van der Waals surface area contributed by atoms with Gasteiger partial charge in [0.2, 0.25) is 0 Å². The zero-order chi connectivity index (χ0) is 12.1. The maximum atomic E-state index is 11.2. The van der Waals surface area contributed by atoms with Crippen molar-refractivity contribution in [1.29, 1.82) is 0 Å². The Balaban J connectivity index is 0. The second-order valence-corrected chi connectivity index (χ2v) is 3.13. The molecule has 8 heteroatoms. The number of ether oxygens (including phenoxy) is 1. The van der Waals surface area contributed by atoms with Gasteiger partial charge in [0, 0.05) is 0 Å². The molecular weight excluding hydrogens is 279 g/mol. The largest absolute Gasteiger partial charge is 0.468 e. The molecule has 1 atom stereocenters. The highest BCUT2D eigenvalue weighted by molar-refractivity contribution is 5.85. The van der Waals surface area contributed by atoms with Crippen molar-refractivity contribution in [3.63, 3.8) is 0 Å². The molecule has 1 aromatic rings. The minimum atomic E-state index is -0.793. The highest BCUT2D eigenvalue weighted by Gasteiger charge is 2.15. The van der Waals surface area contributed by atoms with E-state index >= 15 is 0 Å². The van der Waals surface area contributed by atoms with Gasteiger partial charge in [-0.2, -0.15) is 0 Å². The second-order valence-electron chi connectivity index (χ2n) is 3.13. The van der Waals surface area contributed by atoms with Crippen molar-refractivity contribution in [1.82, 2.24) is 0 Å². The number of rotatable bonds is 3. The smallest absolute Gasteiger partial charge is 0.327 e. The number of benzene rings is 1. The fraction of sp³-hybridized carbons (Fsp3) is 0.200. The van der Waals surface area contributed by atoms with Crippen molar-refractivity contribution >= 4 is 42.4 Å². The Morgan fingerprint density at radius 1 is 1.22 bits per heavy atom. The first kappa shape index (κ1) is 18.9. The Hall–Kier alpha value is -1.50. The Bertz CT molecular complexity index is 405. The van der Waals surface area contributed by atoms with Gasteiger partial charge < -0.3 is 21.9 Å². The topological polar surface area (TPSA) is 117 Å². The number of methoxy groups -OCH3 is 1. The third-order valence-corrected chi connectivity index (χ3v) is 1.97. The lowest BCUT2D eigenvalue weighted by Gasteiger charge is -2.09. The first-order valence-electron chi connectivity index (χ1n) is 4.57. The Kier molecular flexibility index (Phi) is 8.98. The maximum Gasteiger partial charge on any atom is 0.327 e. The third kappa shape index (κ3) is 5.22.